The van der Waals surface area contributed by atoms with Gasteiger partial charge in [0.2, 0.25) is 5.52 Å². The summed E-state index contributed by atoms with van der Waals surface area (Å²) in [7, 11) is 0. The van der Waals surface area contributed by atoms with E-state index in [4.69, 9.17) is 0 Å². The zero-order valence-corrected chi connectivity index (χ0v) is 14.5. The van der Waals surface area contributed by atoms with E-state index in [1.165, 1.54) is 22.0 Å². The number of rotatable bonds is 5. The van der Waals surface area contributed by atoms with Crippen molar-refractivity contribution >= 4 is 29.6 Å². The summed E-state index contributed by atoms with van der Waals surface area (Å²) in [5.41, 5.74) is 3.87. The molecule has 1 unspecified atom stereocenters. The molecule has 0 bridgehead atoms. The van der Waals surface area contributed by atoms with Crippen LogP contribution in [-0.2, 0) is 6.54 Å². The van der Waals surface area contributed by atoms with Gasteiger partial charge >= 0.3 is 0 Å². The van der Waals surface area contributed by atoms with Gasteiger partial charge in [0, 0.05) is 18.6 Å². The Bertz CT molecular complexity index is 771. The number of thiol groups is 1. The minimum atomic E-state index is 0.662. The number of fused-ring (bicyclic) bond motifs is 1. The molecule has 0 amide bonds. The third-order valence-electron chi connectivity index (χ3n) is 4.31. The first-order valence-corrected chi connectivity index (χ1v) is 8.99. The molecule has 1 aliphatic rings. The molecule has 0 saturated carbocycles. The SMILES string of the molecule is CC1C=CC(/C=C/c2cc[n+](CCCS)c3ccccc23)=CC1. The van der Waals surface area contributed by atoms with Gasteiger partial charge in [0.1, 0.15) is 6.54 Å². The van der Waals surface area contributed by atoms with E-state index in [2.05, 4.69) is 91.0 Å². The van der Waals surface area contributed by atoms with Crippen molar-refractivity contribution in [3.8, 4) is 0 Å². The highest BCUT2D eigenvalue weighted by molar-refractivity contribution is 7.80. The van der Waals surface area contributed by atoms with Gasteiger partial charge in [-0.05, 0) is 35.3 Å². The smallest absolute Gasteiger partial charge is 0.198 e. The van der Waals surface area contributed by atoms with Crippen molar-refractivity contribution in [1.82, 2.24) is 0 Å². The van der Waals surface area contributed by atoms with Crippen LogP contribution in [0.25, 0.3) is 17.0 Å². The van der Waals surface area contributed by atoms with Crippen LogP contribution in [0.5, 0.6) is 0 Å². The largest absolute Gasteiger partial charge is 0.213 e. The second-order valence-electron chi connectivity index (χ2n) is 6.17. The Morgan fingerprint density at radius 3 is 2.87 bits per heavy atom. The molecule has 1 atom stereocenters. The van der Waals surface area contributed by atoms with E-state index in [0.717, 1.165) is 25.1 Å². The number of aromatic nitrogens is 1. The van der Waals surface area contributed by atoms with E-state index in [9.17, 15) is 0 Å². The van der Waals surface area contributed by atoms with Gasteiger partial charge in [-0.1, -0.05) is 49.4 Å². The average Bonchev–Trinajstić information content (AvgIpc) is 2.60. The highest BCUT2D eigenvalue weighted by Crippen LogP contribution is 2.20. The zero-order chi connectivity index (χ0) is 16.1. The maximum absolute atomic E-state index is 4.33. The molecule has 0 radical (unpaired) electrons. The van der Waals surface area contributed by atoms with Gasteiger partial charge in [-0.25, -0.2) is 0 Å². The van der Waals surface area contributed by atoms with Gasteiger partial charge < -0.3 is 0 Å². The van der Waals surface area contributed by atoms with Crippen LogP contribution >= 0.6 is 12.6 Å². The predicted molar refractivity (Wildman–Crippen MR) is 103 cm³/mol. The Morgan fingerprint density at radius 2 is 2.09 bits per heavy atom. The molecule has 1 heterocycles. The van der Waals surface area contributed by atoms with Gasteiger partial charge in [0.15, 0.2) is 6.20 Å². The average molecular weight is 322 g/mol. The Labute approximate surface area is 144 Å². The third-order valence-corrected chi connectivity index (χ3v) is 4.63. The molecule has 118 valence electrons. The van der Waals surface area contributed by atoms with Gasteiger partial charge in [0.05, 0.1) is 5.39 Å². The van der Waals surface area contributed by atoms with E-state index in [0.29, 0.717) is 5.92 Å². The summed E-state index contributed by atoms with van der Waals surface area (Å²) >= 11 is 4.33. The normalized spacial score (nSPS) is 17.8. The minimum absolute atomic E-state index is 0.662. The summed E-state index contributed by atoms with van der Waals surface area (Å²) in [6.07, 6.45) is 15.7. The van der Waals surface area contributed by atoms with Crippen LogP contribution in [0, 0.1) is 5.92 Å². The summed E-state index contributed by atoms with van der Waals surface area (Å²) in [5.74, 6) is 1.58. The fraction of sp³-hybridized carbons (Fsp3) is 0.286. The van der Waals surface area contributed by atoms with E-state index >= 15 is 0 Å². The molecule has 0 saturated heterocycles. The molecule has 2 heteroatoms. The molecule has 23 heavy (non-hydrogen) atoms. The Hall–Kier alpha value is -1.80. The Balaban J connectivity index is 1.91. The molecule has 1 aromatic carbocycles. The van der Waals surface area contributed by atoms with Crippen LogP contribution in [0.3, 0.4) is 0 Å². The predicted octanol–water partition coefficient (Wildman–Crippen LogP) is 4.98. The molecule has 2 aromatic rings. The molecular weight excluding hydrogens is 298 g/mol. The van der Waals surface area contributed by atoms with Crippen molar-refractivity contribution in [3.05, 3.63) is 72.0 Å². The molecule has 0 spiro atoms. The van der Waals surface area contributed by atoms with Crippen LogP contribution in [0.15, 0.2) is 66.4 Å². The summed E-state index contributed by atoms with van der Waals surface area (Å²) < 4.78 is 2.32. The van der Waals surface area contributed by atoms with Crippen molar-refractivity contribution in [2.24, 2.45) is 5.92 Å². The van der Waals surface area contributed by atoms with Crippen molar-refractivity contribution in [3.63, 3.8) is 0 Å². The number of hydrogen-bond donors (Lipinski definition) is 1. The fourth-order valence-electron chi connectivity index (χ4n) is 2.94. The van der Waals surface area contributed by atoms with Crippen molar-refractivity contribution in [2.45, 2.75) is 26.3 Å². The van der Waals surface area contributed by atoms with Gasteiger partial charge in [0.25, 0.3) is 0 Å². The number of benzene rings is 1. The van der Waals surface area contributed by atoms with Gasteiger partial charge in [-0.2, -0.15) is 17.2 Å². The molecule has 0 fully saturated rings. The third kappa shape index (κ3) is 3.94. The molecule has 0 N–H and O–H groups in total. The summed E-state index contributed by atoms with van der Waals surface area (Å²) in [6.45, 7) is 3.27. The molecule has 1 aliphatic carbocycles. The van der Waals surface area contributed by atoms with Crippen LogP contribution < -0.4 is 4.57 Å². The standard InChI is InChI=1S/C21H23NS/c1-17-7-9-18(10-8-17)11-12-19-13-15-22(14-4-16-23)21-6-3-2-5-20(19)21/h2-3,5-7,9-13,15,17H,4,8,14,16H2,1H3/p+1/b12-11+. The molecule has 0 aliphatic heterocycles. The Morgan fingerprint density at radius 1 is 1.22 bits per heavy atom. The van der Waals surface area contributed by atoms with Crippen molar-refractivity contribution in [1.29, 1.82) is 0 Å². The lowest BCUT2D eigenvalue weighted by Crippen LogP contribution is -2.34. The van der Waals surface area contributed by atoms with Crippen LogP contribution in [0.4, 0.5) is 0 Å². The monoisotopic (exact) mass is 322 g/mol. The van der Waals surface area contributed by atoms with E-state index in [-0.39, 0.29) is 0 Å². The summed E-state index contributed by atoms with van der Waals surface area (Å²) in [6, 6.07) is 10.9. The van der Waals surface area contributed by atoms with Crippen LogP contribution in [0.2, 0.25) is 0 Å². The maximum atomic E-state index is 4.33. The first kappa shape index (κ1) is 16.1. The molecule has 3 rings (SSSR count). The lowest BCUT2D eigenvalue weighted by atomic mass is 9.97. The molecular formula is C21H24NS+. The second-order valence-corrected chi connectivity index (χ2v) is 6.62. The maximum Gasteiger partial charge on any atom is 0.213 e. The zero-order valence-electron chi connectivity index (χ0n) is 13.7. The number of aryl methyl sites for hydroxylation is 1. The fourth-order valence-corrected chi connectivity index (χ4v) is 3.08. The Kier molecular flexibility index (Phi) is 5.35. The first-order chi connectivity index (χ1) is 11.3. The summed E-state index contributed by atoms with van der Waals surface area (Å²) in [4.78, 5) is 0. The van der Waals surface area contributed by atoms with Crippen LogP contribution in [-0.4, -0.2) is 5.75 Å². The van der Waals surface area contributed by atoms with E-state index in [1.54, 1.807) is 0 Å². The highest BCUT2D eigenvalue weighted by atomic mass is 32.1. The van der Waals surface area contributed by atoms with Crippen LogP contribution in [0.1, 0.15) is 25.3 Å². The van der Waals surface area contributed by atoms with Gasteiger partial charge in [-0.3, -0.25) is 0 Å². The number of nitrogens with zero attached hydrogens (tertiary/aromatic N) is 1. The summed E-state index contributed by atoms with van der Waals surface area (Å²) in [5, 5.41) is 1.30. The molecule has 1 nitrogen and oxygen atoms in total. The second kappa shape index (κ2) is 7.65. The highest BCUT2D eigenvalue weighted by Gasteiger charge is 2.10. The number of allylic oxidation sites excluding steroid dienone is 5. The van der Waals surface area contributed by atoms with Gasteiger partial charge in [-0.15, -0.1) is 0 Å². The minimum Gasteiger partial charge on any atom is -0.198 e. The van der Waals surface area contributed by atoms with E-state index < -0.39 is 0 Å². The molecule has 1 aromatic heterocycles. The lowest BCUT2D eigenvalue weighted by molar-refractivity contribution is -0.671. The number of hydrogen-bond acceptors (Lipinski definition) is 1. The number of pyridine rings is 1. The topological polar surface area (TPSA) is 3.88 Å². The number of para-hydroxylation sites is 1. The quantitative estimate of drug-likeness (QED) is 0.584. The van der Waals surface area contributed by atoms with Crippen molar-refractivity contribution < 1.29 is 4.57 Å². The van der Waals surface area contributed by atoms with Crippen molar-refractivity contribution in [2.75, 3.05) is 5.75 Å². The first-order valence-electron chi connectivity index (χ1n) is 8.36. The van der Waals surface area contributed by atoms with E-state index in [1.807, 2.05) is 0 Å². The lowest BCUT2D eigenvalue weighted by Gasteiger charge is -2.08.